The van der Waals surface area contributed by atoms with Crippen LogP contribution in [0.2, 0.25) is 30.1 Å². The molecule has 6 aromatic carbocycles. The van der Waals surface area contributed by atoms with Gasteiger partial charge in [0, 0.05) is 146 Å². The van der Waals surface area contributed by atoms with Crippen molar-refractivity contribution in [1.29, 1.82) is 0 Å². The van der Waals surface area contributed by atoms with Crippen LogP contribution in [0.25, 0.3) is 0 Å². The van der Waals surface area contributed by atoms with E-state index in [2.05, 4.69) is 65.7 Å². The van der Waals surface area contributed by atoms with Crippen molar-refractivity contribution in [3.05, 3.63) is 189 Å². The van der Waals surface area contributed by atoms with Crippen molar-refractivity contribution in [2.24, 2.45) is 0 Å². The fourth-order valence-corrected chi connectivity index (χ4v) is 19.4. The number of hydrogen-bond acceptors (Lipinski definition) is 23. The number of rotatable bonds is 59. The summed E-state index contributed by atoms with van der Waals surface area (Å²) >= 11 is 38.8. The first-order valence-electron chi connectivity index (χ1n) is 41.5. The van der Waals surface area contributed by atoms with Crippen LogP contribution in [0, 0.1) is 0 Å². The second-order valence-electron chi connectivity index (χ2n) is 30.0. The summed E-state index contributed by atoms with van der Waals surface area (Å²) in [5, 5.41) is 21.6. The normalized spacial score (nSPS) is 15.9. The number of carbonyl (C=O) groups is 2. The van der Waals surface area contributed by atoms with E-state index >= 15 is 0 Å². The second kappa shape index (κ2) is 54.3. The molecular weight excluding hydrogens is 1770 g/mol. The van der Waals surface area contributed by atoms with Crippen LogP contribution >= 0.6 is 69.6 Å². The van der Waals surface area contributed by atoms with Gasteiger partial charge < -0.3 is 94.1 Å². The predicted octanol–water partition coefficient (Wildman–Crippen LogP) is 8.93. The summed E-state index contributed by atoms with van der Waals surface area (Å²) in [6.07, 6.45) is 2.24. The highest BCUT2D eigenvalue weighted by atomic mass is 35.5. The first kappa shape index (κ1) is 101. The third-order valence-corrected chi connectivity index (χ3v) is 26.5. The maximum Gasteiger partial charge on any atom is 0.314 e. The number of nitrogens with one attached hydrogen (secondary N) is 9. The average Bonchev–Trinajstić information content (AvgIpc) is 0.781. The summed E-state index contributed by atoms with van der Waals surface area (Å²) < 4.78 is 138. The molecule has 39 heteroatoms. The number of sulfonamides is 3. The number of halogens is 6. The molecule has 6 aromatic rings. The van der Waals surface area contributed by atoms with E-state index in [1.165, 1.54) is 0 Å². The summed E-state index contributed by atoms with van der Waals surface area (Å²) in [7, 11) is -5.43. The van der Waals surface area contributed by atoms with E-state index in [4.69, 9.17) is 112 Å². The van der Waals surface area contributed by atoms with E-state index in [1.54, 1.807) is 72.8 Å². The van der Waals surface area contributed by atoms with E-state index in [0.717, 1.165) is 69.6 Å². The Labute approximate surface area is 755 Å². The molecule has 0 spiro atoms. The quantitative estimate of drug-likeness (QED) is 0.0127. The Bertz CT molecular complexity index is 4430. The zero-order valence-electron chi connectivity index (χ0n) is 70.1. The first-order chi connectivity index (χ1) is 59.3. The minimum atomic E-state index is -3.82. The van der Waals surface area contributed by atoms with Gasteiger partial charge in [-0.2, -0.15) is 0 Å². The molecule has 3 atom stereocenters. The molecule has 30 nitrogen and oxygen atoms in total. The van der Waals surface area contributed by atoms with Gasteiger partial charge in [0.2, 0.25) is 30.1 Å². The molecule has 3 aliphatic rings. The first-order valence-corrected chi connectivity index (χ1v) is 48.2. The Morgan fingerprint density at radius 2 is 0.618 bits per heavy atom. The molecule has 0 aromatic heterocycles. The lowest BCUT2D eigenvalue weighted by Crippen LogP contribution is -2.40. The number of fused-ring (bicyclic) bond motifs is 3. The summed E-state index contributed by atoms with van der Waals surface area (Å²) in [6.45, 7) is 15.2. The smallest absolute Gasteiger partial charge is 0.314 e. The van der Waals surface area contributed by atoms with Crippen molar-refractivity contribution >= 4 is 112 Å². The highest BCUT2D eigenvalue weighted by molar-refractivity contribution is 7.90. The highest BCUT2D eigenvalue weighted by Gasteiger charge is 2.32. The zero-order valence-corrected chi connectivity index (χ0v) is 77.1. The van der Waals surface area contributed by atoms with Crippen LogP contribution in [0.4, 0.5) is 9.59 Å². The monoisotopic (exact) mass is 1890 g/mol. The molecule has 3 heterocycles. The molecule has 4 amide bonds. The third-order valence-electron chi connectivity index (χ3n) is 20.5. The lowest BCUT2D eigenvalue weighted by molar-refractivity contribution is 0.0162. The number of hydrogen-bond donors (Lipinski definition) is 9. The molecule has 0 saturated heterocycles. The number of likely N-dealkylation sites (N-methyl/N-ethyl adjacent to an activating group) is 3. The van der Waals surface area contributed by atoms with Crippen molar-refractivity contribution in [2.75, 3.05) is 245 Å². The zero-order chi connectivity index (χ0) is 87.8. The Morgan fingerprint density at radius 1 is 0.350 bits per heavy atom. The van der Waals surface area contributed by atoms with Crippen molar-refractivity contribution in [1.82, 2.24) is 65.7 Å². The molecule has 0 aliphatic carbocycles. The van der Waals surface area contributed by atoms with E-state index in [9.17, 15) is 34.8 Å². The summed E-state index contributed by atoms with van der Waals surface area (Å²) in [5.41, 5.74) is 8.49. The van der Waals surface area contributed by atoms with E-state index in [0.29, 0.717) is 194 Å². The predicted molar refractivity (Wildman–Crippen MR) is 480 cm³/mol. The summed E-state index contributed by atoms with van der Waals surface area (Å²) in [4.78, 5) is 34.6. The summed E-state index contributed by atoms with van der Waals surface area (Å²) in [5.74, 6) is -0.315. The van der Waals surface area contributed by atoms with Gasteiger partial charge in [0.15, 0.2) is 0 Å². The fraction of sp³-hybridized carbons (Fsp3) is 0.548. The fourth-order valence-electron chi connectivity index (χ4n) is 14.5. The van der Waals surface area contributed by atoms with E-state index < -0.39 is 30.1 Å². The molecule has 0 saturated carbocycles. The van der Waals surface area contributed by atoms with Gasteiger partial charge in [0.1, 0.15) is 0 Å². The van der Waals surface area contributed by atoms with Gasteiger partial charge in [0.05, 0.1) is 134 Å². The maximum atomic E-state index is 13.3. The van der Waals surface area contributed by atoms with Crippen LogP contribution in [0.3, 0.4) is 0 Å². The van der Waals surface area contributed by atoms with Gasteiger partial charge in [-0.1, -0.05) is 106 Å². The lowest BCUT2D eigenvalue weighted by Gasteiger charge is -2.33. The van der Waals surface area contributed by atoms with Crippen molar-refractivity contribution in [3.8, 4) is 0 Å². The van der Waals surface area contributed by atoms with Gasteiger partial charge >= 0.3 is 12.1 Å². The molecule has 3 aliphatic heterocycles. The summed E-state index contributed by atoms with van der Waals surface area (Å²) in [6, 6.07) is 31.1. The molecule has 682 valence electrons. The van der Waals surface area contributed by atoms with Gasteiger partial charge in [0.25, 0.3) is 0 Å². The van der Waals surface area contributed by atoms with E-state index in [-0.39, 0.29) is 124 Å². The molecule has 9 rings (SSSR count). The third kappa shape index (κ3) is 35.3. The Kier molecular flexibility index (Phi) is 44.8. The number of nitrogens with zero attached hydrogens (tertiary/aromatic N) is 4. The number of benzene rings is 6. The second-order valence-corrected chi connectivity index (χ2v) is 37.8. The number of ether oxygens (including phenoxy) is 9. The van der Waals surface area contributed by atoms with Crippen LogP contribution < -0.4 is 46.1 Å². The molecule has 123 heavy (non-hydrogen) atoms. The number of urea groups is 2. The minimum absolute atomic E-state index is 0.0761. The average molecular weight is 1890 g/mol. The van der Waals surface area contributed by atoms with Crippen molar-refractivity contribution in [3.63, 3.8) is 0 Å². The van der Waals surface area contributed by atoms with Crippen LogP contribution in [-0.2, 0) is 92.3 Å². The molecule has 0 radical (unpaired) electrons. The van der Waals surface area contributed by atoms with Gasteiger partial charge in [-0.3, -0.25) is 0 Å². The topological polar surface area (TPSA) is 341 Å². The Hall–Kier alpha value is -5.27. The Balaban J connectivity index is 0.577. The van der Waals surface area contributed by atoms with Crippen molar-refractivity contribution in [2.45, 2.75) is 71.3 Å². The lowest BCUT2D eigenvalue weighted by atomic mass is 9.85. The number of carbonyl (C=O) groups excluding carboxylic acids is 2. The van der Waals surface area contributed by atoms with Crippen LogP contribution in [-0.4, -0.2) is 302 Å². The molecule has 0 unspecified atom stereocenters. The molecule has 0 fully saturated rings. The van der Waals surface area contributed by atoms with E-state index in [1.807, 2.05) is 57.5 Å². The van der Waals surface area contributed by atoms with Gasteiger partial charge in [-0.15, -0.1) is 0 Å². The maximum absolute atomic E-state index is 13.3. The number of amides is 4. The van der Waals surface area contributed by atoms with Crippen LogP contribution in [0.15, 0.2) is 124 Å². The largest absolute Gasteiger partial charge is 0.378 e. The van der Waals surface area contributed by atoms with Gasteiger partial charge in [-0.25, -0.2) is 49.0 Å². The van der Waals surface area contributed by atoms with Gasteiger partial charge in [-0.05, 0) is 189 Å². The SMILES string of the molecule is CN1Cc2c(Cl)cc(Cl)cc2[C@H](c2cccc(S(=O)(=O)NCCOCCOCCOCCNCNCCCN(CCCNC(=O)NCCOCCOCCOCCNS(=O)(=O)c3cccc([C@@H]4CN(C)Cc5c(Cl)cc(Cl)cc54)c3)CCCNC(=O)NCCOCCOCCOCCNS(=O)(=O)c3cccc([C@@H]4CN(C)Cc5c(Cl)cc(Cl)cc54)c3)c2)C1. The minimum Gasteiger partial charge on any atom is -0.378 e. The standard InChI is InChI=1S/C84H119Cl6N13O17S3/c1-100-55-74(71-49-65(85)52-80(88)77(71)58-100)62-10-4-13-68(46-62)121(106,107)97-22-31-115-37-43-118-40-34-112-28-19-92-61-91-16-7-25-103(26-8-17-93-83(104)95-20-29-113-35-41-119-44-38-116-32-23-98-122(108,109)69-14-5-11-63(47-69)75-56-101(2)59-78-72(75)50-66(86)53-81(78)89)27-9-18-94-84(105)96-21-30-114-36-42-120-45-39-117-33-24-99-123(110,111)70-15-6-12-64(48-70)76-57-102(3)60-79-73(76)51-67(87)54-82(79)90/h4-6,10-15,46-54,74-76,91-92,97-99H,7-9,16-45,55-61H2,1-3H3,(H2,93,95,104)(H2,94,96,105)/t74-,75-,76-/m0/s1. The van der Waals surface area contributed by atoms with Crippen LogP contribution in [0.5, 0.6) is 0 Å². The molecule has 9 N–H and O–H groups in total. The molecular formula is C84H119Cl6N13O17S3. The molecule has 0 bridgehead atoms. The van der Waals surface area contributed by atoms with Crippen molar-refractivity contribution < 1.29 is 77.5 Å². The highest BCUT2D eigenvalue weighted by Crippen LogP contribution is 2.42. The van der Waals surface area contributed by atoms with Crippen LogP contribution in [0.1, 0.15) is 87.1 Å². The Morgan fingerprint density at radius 3 is 0.935 bits per heavy atom.